The van der Waals surface area contributed by atoms with Gasteiger partial charge in [-0.15, -0.1) is 0 Å². The molecule has 3 heterocycles. The first kappa shape index (κ1) is 18.5. The number of carbonyl (C=O) groups is 3. The van der Waals surface area contributed by atoms with E-state index in [4.69, 9.17) is 14.2 Å². The van der Waals surface area contributed by atoms with Crippen molar-refractivity contribution in [3.63, 3.8) is 0 Å². The van der Waals surface area contributed by atoms with Crippen LogP contribution in [0.3, 0.4) is 0 Å². The summed E-state index contributed by atoms with van der Waals surface area (Å²) in [7, 11) is 1.91. The van der Waals surface area contributed by atoms with E-state index < -0.39 is 17.5 Å². The van der Waals surface area contributed by atoms with Crippen molar-refractivity contribution >= 4 is 17.9 Å². The zero-order valence-electron chi connectivity index (χ0n) is 15.9. The van der Waals surface area contributed by atoms with Crippen molar-refractivity contribution in [2.24, 2.45) is 0 Å². The number of ether oxygens (including phenoxy) is 3. The van der Waals surface area contributed by atoms with Gasteiger partial charge in [0.25, 0.3) is 5.91 Å². The highest BCUT2D eigenvalue weighted by Crippen LogP contribution is 2.43. The third-order valence-electron chi connectivity index (χ3n) is 5.45. The topological polar surface area (TPSA) is 97.4 Å². The molecule has 0 aromatic heterocycles. The number of benzene rings is 1. The Bertz CT molecular complexity index is 828. The second-order valence-electron chi connectivity index (χ2n) is 7.28. The molecule has 2 fully saturated rings. The summed E-state index contributed by atoms with van der Waals surface area (Å²) in [5.41, 5.74) is -0.164. The lowest BCUT2D eigenvalue weighted by Crippen LogP contribution is -2.52. The fourth-order valence-electron chi connectivity index (χ4n) is 4.22. The van der Waals surface area contributed by atoms with Gasteiger partial charge in [0.15, 0.2) is 11.5 Å². The summed E-state index contributed by atoms with van der Waals surface area (Å²) < 4.78 is 15.7. The number of esters is 1. The Morgan fingerprint density at radius 3 is 2.89 bits per heavy atom. The second kappa shape index (κ2) is 6.97. The number of likely N-dealkylation sites (tertiary alicyclic amines) is 1. The summed E-state index contributed by atoms with van der Waals surface area (Å²) >= 11 is 0. The van der Waals surface area contributed by atoms with Crippen LogP contribution in [0, 0.1) is 0 Å². The van der Waals surface area contributed by atoms with Crippen LogP contribution >= 0.6 is 0 Å². The van der Waals surface area contributed by atoms with Crippen molar-refractivity contribution < 1.29 is 28.6 Å². The van der Waals surface area contributed by atoms with Crippen molar-refractivity contribution in [3.8, 4) is 11.5 Å². The highest BCUT2D eigenvalue weighted by Gasteiger charge is 2.59. The number of hydrogen-bond donors (Lipinski definition) is 1. The molecule has 2 saturated heterocycles. The van der Waals surface area contributed by atoms with Crippen LogP contribution in [0.5, 0.6) is 11.5 Å². The van der Waals surface area contributed by atoms with Gasteiger partial charge >= 0.3 is 12.0 Å². The molecule has 3 aliphatic rings. The van der Waals surface area contributed by atoms with Gasteiger partial charge in [0.05, 0.1) is 13.0 Å². The monoisotopic (exact) mass is 389 g/mol. The summed E-state index contributed by atoms with van der Waals surface area (Å²) in [6.45, 7) is 3.16. The van der Waals surface area contributed by atoms with Gasteiger partial charge in [0.2, 0.25) is 6.79 Å². The summed E-state index contributed by atoms with van der Waals surface area (Å²) in [5.74, 6) is 0.324. The van der Waals surface area contributed by atoms with Gasteiger partial charge in [0.1, 0.15) is 5.54 Å². The molecule has 1 aromatic carbocycles. The summed E-state index contributed by atoms with van der Waals surface area (Å²) in [6, 6.07) is 5.12. The van der Waals surface area contributed by atoms with E-state index in [1.807, 2.05) is 30.1 Å². The molecule has 2 atom stereocenters. The minimum Gasteiger partial charge on any atom is -0.466 e. The molecule has 9 nitrogen and oxygen atoms in total. The van der Waals surface area contributed by atoms with E-state index in [9.17, 15) is 14.4 Å². The average Bonchev–Trinajstić information content (AvgIpc) is 3.31. The number of likely N-dealkylation sites (N-methyl/N-ethyl adjacent to an activating group) is 1. The van der Waals surface area contributed by atoms with Gasteiger partial charge < -0.3 is 24.4 Å². The molecule has 0 unspecified atom stereocenters. The fourth-order valence-corrected chi connectivity index (χ4v) is 4.22. The normalized spacial score (nSPS) is 26.2. The van der Waals surface area contributed by atoms with Crippen molar-refractivity contribution in [2.45, 2.75) is 24.8 Å². The number of fused-ring (bicyclic) bond motifs is 1. The third kappa shape index (κ3) is 2.95. The first-order valence-corrected chi connectivity index (χ1v) is 9.32. The van der Waals surface area contributed by atoms with Crippen molar-refractivity contribution in [1.29, 1.82) is 0 Å². The number of hydrogen-bond acceptors (Lipinski definition) is 7. The van der Waals surface area contributed by atoms with E-state index in [1.54, 1.807) is 6.92 Å². The van der Waals surface area contributed by atoms with Crippen LogP contribution in [0.4, 0.5) is 4.79 Å². The fraction of sp³-hybridized carbons (Fsp3) is 0.526. The molecular weight excluding hydrogens is 366 g/mol. The van der Waals surface area contributed by atoms with Gasteiger partial charge in [-0.05, 0) is 31.7 Å². The van der Waals surface area contributed by atoms with Gasteiger partial charge in [-0.2, -0.15) is 0 Å². The number of imide groups is 1. The maximum absolute atomic E-state index is 13.3. The van der Waals surface area contributed by atoms with Crippen molar-refractivity contribution in [1.82, 2.24) is 15.1 Å². The van der Waals surface area contributed by atoms with Crippen molar-refractivity contribution in [2.75, 3.05) is 40.1 Å². The minimum absolute atomic E-state index is 0.00280. The largest absolute Gasteiger partial charge is 0.466 e. The van der Waals surface area contributed by atoms with Crippen LogP contribution in [0.25, 0.3) is 0 Å². The highest BCUT2D eigenvalue weighted by molar-refractivity contribution is 6.08. The molecule has 28 heavy (non-hydrogen) atoms. The molecule has 1 aromatic rings. The standard InChI is InChI=1S/C19H23N3O6/c1-3-26-16(23)6-7-22-17(24)19(20-18(22)25)10-21(2)9-13(19)12-4-5-14-15(8-12)28-11-27-14/h4-5,8,13H,3,6-7,9-11H2,1-2H3,(H,20,25)/t13-,19+/m1/s1. The van der Waals surface area contributed by atoms with Gasteiger partial charge in [0, 0.05) is 25.6 Å². The molecule has 3 amide bonds. The summed E-state index contributed by atoms with van der Waals surface area (Å²) in [6.07, 6.45) is -0.0202. The Morgan fingerprint density at radius 1 is 1.32 bits per heavy atom. The van der Waals surface area contributed by atoms with Crippen LogP contribution in [-0.4, -0.2) is 73.3 Å². The first-order valence-electron chi connectivity index (χ1n) is 9.32. The number of rotatable bonds is 5. The van der Waals surface area contributed by atoms with Crippen LogP contribution in [0.1, 0.15) is 24.8 Å². The minimum atomic E-state index is -1.06. The lowest BCUT2D eigenvalue weighted by atomic mass is 9.81. The van der Waals surface area contributed by atoms with Gasteiger partial charge in [-0.3, -0.25) is 14.5 Å². The third-order valence-corrected chi connectivity index (χ3v) is 5.45. The molecule has 0 radical (unpaired) electrons. The molecule has 9 heteroatoms. The summed E-state index contributed by atoms with van der Waals surface area (Å²) in [4.78, 5) is 40.6. The molecule has 0 saturated carbocycles. The number of nitrogens with one attached hydrogen (secondary N) is 1. The number of urea groups is 1. The Balaban J connectivity index is 1.59. The van der Waals surface area contributed by atoms with Crippen LogP contribution in [0.2, 0.25) is 0 Å². The van der Waals surface area contributed by atoms with E-state index in [-0.39, 0.29) is 38.2 Å². The Hall–Kier alpha value is -2.81. The Labute approximate surface area is 162 Å². The molecule has 0 bridgehead atoms. The molecular formula is C19H23N3O6. The van der Waals surface area contributed by atoms with E-state index in [0.29, 0.717) is 24.6 Å². The Kier molecular flexibility index (Phi) is 4.62. The zero-order chi connectivity index (χ0) is 19.9. The van der Waals surface area contributed by atoms with E-state index in [1.165, 1.54) is 0 Å². The van der Waals surface area contributed by atoms with Crippen LogP contribution in [-0.2, 0) is 14.3 Å². The predicted molar refractivity (Wildman–Crippen MR) is 97.0 cm³/mol. The number of amides is 3. The lowest BCUT2D eigenvalue weighted by molar-refractivity contribution is -0.143. The van der Waals surface area contributed by atoms with Crippen LogP contribution < -0.4 is 14.8 Å². The number of nitrogens with zero attached hydrogens (tertiary/aromatic N) is 2. The molecule has 150 valence electrons. The molecule has 1 N–H and O–H groups in total. The second-order valence-corrected chi connectivity index (χ2v) is 7.28. The maximum Gasteiger partial charge on any atom is 0.325 e. The summed E-state index contributed by atoms with van der Waals surface area (Å²) in [5, 5.41) is 2.90. The van der Waals surface area contributed by atoms with Gasteiger partial charge in [-0.1, -0.05) is 6.07 Å². The molecule has 4 rings (SSSR count). The average molecular weight is 389 g/mol. The SMILES string of the molecule is CCOC(=O)CCN1C(=O)N[C@]2(CN(C)C[C@@H]2c2ccc3c(c2)OCO3)C1=O. The quantitative estimate of drug-likeness (QED) is 0.584. The van der Waals surface area contributed by atoms with E-state index in [0.717, 1.165) is 10.5 Å². The highest BCUT2D eigenvalue weighted by atomic mass is 16.7. The van der Waals surface area contributed by atoms with Gasteiger partial charge in [-0.25, -0.2) is 4.79 Å². The maximum atomic E-state index is 13.3. The Morgan fingerprint density at radius 2 is 2.11 bits per heavy atom. The zero-order valence-corrected chi connectivity index (χ0v) is 15.9. The molecule has 3 aliphatic heterocycles. The molecule has 0 aliphatic carbocycles. The first-order chi connectivity index (χ1) is 13.4. The molecule has 1 spiro atoms. The van der Waals surface area contributed by atoms with Crippen LogP contribution in [0.15, 0.2) is 18.2 Å². The van der Waals surface area contributed by atoms with E-state index >= 15 is 0 Å². The van der Waals surface area contributed by atoms with Crippen molar-refractivity contribution in [3.05, 3.63) is 23.8 Å². The van der Waals surface area contributed by atoms with E-state index in [2.05, 4.69) is 5.32 Å². The lowest BCUT2D eigenvalue weighted by Gasteiger charge is -2.28. The smallest absolute Gasteiger partial charge is 0.325 e. The predicted octanol–water partition coefficient (Wildman–Crippen LogP) is 0.688. The number of carbonyl (C=O) groups excluding carboxylic acids is 3.